The summed E-state index contributed by atoms with van der Waals surface area (Å²) >= 11 is 1.38. The second-order valence-corrected chi connectivity index (χ2v) is 7.51. The smallest absolute Gasteiger partial charge is 0.265 e. The molecule has 2 aromatic heterocycles. The first-order valence-electron chi connectivity index (χ1n) is 9.14. The van der Waals surface area contributed by atoms with Crippen molar-refractivity contribution in [3.63, 3.8) is 0 Å². The molecule has 0 radical (unpaired) electrons. The third-order valence-corrected chi connectivity index (χ3v) is 5.35. The average Bonchev–Trinajstić information content (AvgIpc) is 3.39. The molecule has 2 heterocycles. The molecule has 8 heteroatoms. The van der Waals surface area contributed by atoms with Gasteiger partial charge in [0.1, 0.15) is 5.52 Å². The molecule has 0 saturated carbocycles. The summed E-state index contributed by atoms with van der Waals surface area (Å²) in [5.41, 5.74) is 3.92. The molecular weight excluding hydrogens is 386 g/mol. The number of aryl methyl sites for hydroxylation is 2. The summed E-state index contributed by atoms with van der Waals surface area (Å²) in [4.78, 5) is 25.3. The van der Waals surface area contributed by atoms with Gasteiger partial charge in [-0.15, -0.1) is 16.4 Å². The molecule has 4 rings (SSSR count). The van der Waals surface area contributed by atoms with E-state index < -0.39 is 0 Å². The first kappa shape index (κ1) is 18.8. The van der Waals surface area contributed by atoms with Gasteiger partial charge in [0.2, 0.25) is 5.91 Å². The zero-order valence-electron chi connectivity index (χ0n) is 15.8. The van der Waals surface area contributed by atoms with Crippen molar-refractivity contribution in [3.05, 3.63) is 70.4 Å². The summed E-state index contributed by atoms with van der Waals surface area (Å²) in [7, 11) is 0. The van der Waals surface area contributed by atoms with E-state index in [1.807, 2.05) is 54.8 Å². The number of amides is 2. The fourth-order valence-electron chi connectivity index (χ4n) is 2.94. The number of anilines is 2. The predicted octanol–water partition coefficient (Wildman–Crippen LogP) is 4.08. The van der Waals surface area contributed by atoms with Crippen LogP contribution in [0.15, 0.2) is 60.0 Å². The number of para-hydroxylation sites is 1. The topological polar surface area (TPSA) is 88.9 Å². The minimum Gasteiger partial charge on any atom is -0.326 e. The summed E-state index contributed by atoms with van der Waals surface area (Å²) in [6.45, 7) is 2.34. The van der Waals surface area contributed by atoms with E-state index in [1.165, 1.54) is 11.3 Å². The number of nitrogens with zero attached hydrogens (tertiary/aromatic N) is 3. The molecule has 0 atom stereocenters. The van der Waals surface area contributed by atoms with E-state index in [-0.39, 0.29) is 18.2 Å². The van der Waals surface area contributed by atoms with Crippen molar-refractivity contribution in [1.82, 2.24) is 15.0 Å². The molecule has 7 nitrogen and oxygen atoms in total. The highest BCUT2D eigenvalue weighted by atomic mass is 32.1. The number of rotatable bonds is 6. The van der Waals surface area contributed by atoms with Crippen molar-refractivity contribution >= 4 is 45.6 Å². The van der Waals surface area contributed by atoms with E-state index in [0.29, 0.717) is 22.8 Å². The second kappa shape index (κ2) is 8.24. The van der Waals surface area contributed by atoms with Crippen molar-refractivity contribution in [2.24, 2.45) is 0 Å². The van der Waals surface area contributed by atoms with Crippen LogP contribution in [0.25, 0.3) is 11.0 Å². The Kier molecular flexibility index (Phi) is 5.35. The Morgan fingerprint density at radius 1 is 1.07 bits per heavy atom. The van der Waals surface area contributed by atoms with E-state index >= 15 is 0 Å². The molecule has 0 aliphatic rings. The van der Waals surface area contributed by atoms with Gasteiger partial charge in [-0.1, -0.05) is 29.5 Å². The Hall–Kier alpha value is -3.52. The van der Waals surface area contributed by atoms with Crippen molar-refractivity contribution in [2.45, 2.75) is 19.9 Å². The molecule has 2 amide bonds. The van der Waals surface area contributed by atoms with Crippen LogP contribution in [0.3, 0.4) is 0 Å². The van der Waals surface area contributed by atoms with Crippen LogP contribution in [0.2, 0.25) is 0 Å². The van der Waals surface area contributed by atoms with Crippen LogP contribution in [0.4, 0.5) is 11.4 Å². The number of nitrogens with one attached hydrogen (secondary N) is 2. The van der Waals surface area contributed by atoms with Crippen LogP contribution in [-0.4, -0.2) is 26.8 Å². The molecule has 29 heavy (non-hydrogen) atoms. The lowest BCUT2D eigenvalue weighted by molar-refractivity contribution is -0.116. The quantitative estimate of drug-likeness (QED) is 0.506. The van der Waals surface area contributed by atoms with Crippen molar-refractivity contribution < 1.29 is 9.59 Å². The Labute approximate surface area is 171 Å². The molecule has 0 fully saturated rings. The SMILES string of the molecule is Cc1ccc(NC(=O)c2cccs2)cc1NC(=O)CCn1nnc2ccccc21. The van der Waals surface area contributed by atoms with Gasteiger partial charge in [-0.25, -0.2) is 4.68 Å². The maximum Gasteiger partial charge on any atom is 0.265 e. The van der Waals surface area contributed by atoms with Crippen LogP contribution in [-0.2, 0) is 11.3 Å². The van der Waals surface area contributed by atoms with Crippen molar-refractivity contribution in [1.29, 1.82) is 0 Å². The number of carbonyl (C=O) groups is 2. The lowest BCUT2D eigenvalue weighted by Crippen LogP contribution is -2.16. The van der Waals surface area contributed by atoms with Gasteiger partial charge in [0.25, 0.3) is 5.91 Å². The Balaban J connectivity index is 1.40. The molecule has 0 aliphatic heterocycles. The number of benzene rings is 2. The van der Waals surface area contributed by atoms with Crippen molar-refractivity contribution in [2.75, 3.05) is 10.6 Å². The highest BCUT2D eigenvalue weighted by molar-refractivity contribution is 7.12. The summed E-state index contributed by atoms with van der Waals surface area (Å²) in [6.07, 6.45) is 0.262. The zero-order valence-corrected chi connectivity index (χ0v) is 16.6. The fourth-order valence-corrected chi connectivity index (χ4v) is 3.56. The number of hydrogen-bond donors (Lipinski definition) is 2. The van der Waals surface area contributed by atoms with Gasteiger partial charge >= 0.3 is 0 Å². The van der Waals surface area contributed by atoms with Crippen molar-refractivity contribution in [3.8, 4) is 0 Å². The first-order valence-corrected chi connectivity index (χ1v) is 10.0. The number of carbonyl (C=O) groups excluding carboxylic acids is 2. The van der Waals surface area contributed by atoms with Gasteiger partial charge < -0.3 is 10.6 Å². The molecular formula is C21H19N5O2S. The van der Waals surface area contributed by atoms with Gasteiger partial charge in [-0.2, -0.15) is 0 Å². The number of fused-ring (bicyclic) bond motifs is 1. The second-order valence-electron chi connectivity index (χ2n) is 6.56. The number of hydrogen-bond acceptors (Lipinski definition) is 5. The van der Waals surface area contributed by atoms with Crippen LogP contribution in [0.1, 0.15) is 21.7 Å². The largest absolute Gasteiger partial charge is 0.326 e. The van der Waals surface area contributed by atoms with E-state index in [9.17, 15) is 9.59 Å². The molecule has 2 aromatic carbocycles. The Morgan fingerprint density at radius 2 is 1.93 bits per heavy atom. The molecule has 0 saturated heterocycles. The van der Waals surface area contributed by atoms with E-state index in [0.717, 1.165) is 16.6 Å². The van der Waals surface area contributed by atoms with Gasteiger partial charge in [-0.3, -0.25) is 9.59 Å². The first-order chi connectivity index (χ1) is 14.1. The molecule has 2 N–H and O–H groups in total. The van der Waals surface area contributed by atoms with Gasteiger partial charge in [-0.05, 0) is 48.2 Å². The highest BCUT2D eigenvalue weighted by Crippen LogP contribution is 2.22. The maximum atomic E-state index is 12.5. The van der Waals surface area contributed by atoms with E-state index in [4.69, 9.17) is 0 Å². The van der Waals surface area contributed by atoms with Crippen LogP contribution >= 0.6 is 11.3 Å². The van der Waals surface area contributed by atoms with Gasteiger partial charge in [0.05, 0.1) is 16.9 Å². The molecule has 0 bridgehead atoms. The van der Waals surface area contributed by atoms with Crippen LogP contribution in [0, 0.1) is 6.92 Å². The third kappa shape index (κ3) is 4.33. The van der Waals surface area contributed by atoms with Gasteiger partial charge in [0, 0.05) is 17.8 Å². The predicted molar refractivity (Wildman–Crippen MR) is 114 cm³/mol. The zero-order chi connectivity index (χ0) is 20.2. The summed E-state index contributed by atoms with van der Waals surface area (Å²) in [6, 6.07) is 16.7. The van der Waals surface area contributed by atoms with E-state index in [1.54, 1.807) is 16.8 Å². The summed E-state index contributed by atoms with van der Waals surface area (Å²) < 4.78 is 1.72. The lowest BCUT2D eigenvalue weighted by atomic mass is 10.1. The molecule has 0 aliphatic carbocycles. The maximum absolute atomic E-state index is 12.5. The Morgan fingerprint density at radius 3 is 2.76 bits per heavy atom. The monoisotopic (exact) mass is 405 g/mol. The standard InChI is InChI=1S/C21H19N5O2S/c1-14-8-9-15(22-21(28)19-7-4-12-29-19)13-17(14)23-20(27)10-11-26-18-6-3-2-5-16(18)24-25-26/h2-9,12-13H,10-11H2,1H3,(H,22,28)(H,23,27). The third-order valence-electron chi connectivity index (χ3n) is 4.49. The van der Waals surface area contributed by atoms with Crippen LogP contribution < -0.4 is 10.6 Å². The molecule has 146 valence electrons. The normalized spacial score (nSPS) is 10.8. The highest BCUT2D eigenvalue weighted by Gasteiger charge is 2.11. The molecule has 4 aromatic rings. The molecule has 0 spiro atoms. The lowest BCUT2D eigenvalue weighted by Gasteiger charge is -2.11. The summed E-state index contributed by atoms with van der Waals surface area (Å²) in [5.74, 6) is -0.298. The minimum atomic E-state index is -0.167. The average molecular weight is 405 g/mol. The molecule has 0 unspecified atom stereocenters. The number of aromatic nitrogens is 3. The summed E-state index contributed by atoms with van der Waals surface area (Å²) in [5, 5.41) is 15.8. The Bertz CT molecular complexity index is 1170. The number of thiophene rings is 1. The van der Waals surface area contributed by atoms with Gasteiger partial charge in [0.15, 0.2) is 0 Å². The minimum absolute atomic E-state index is 0.130. The fraction of sp³-hybridized carbons (Fsp3) is 0.143. The van der Waals surface area contributed by atoms with Crippen LogP contribution in [0.5, 0.6) is 0 Å². The van der Waals surface area contributed by atoms with E-state index in [2.05, 4.69) is 20.9 Å².